The second-order valence-corrected chi connectivity index (χ2v) is 4.90. The van der Waals surface area contributed by atoms with Crippen LogP contribution >= 0.6 is 27.3 Å². The number of halogens is 1. The Morgan fingerprint density at radius 3 is 2.86 bits per heavy atom. The average molecular weight is 274 g/mol. The maximum atomic E-state index is 10.5. The molecule has 0 aromatic carbocycles. The van der Waals surface area contributed by atoms with E-state index in [1.54, 1.807) is 0 Å². The number of carbonyl (C=O) groups is 1. The second-order valence-electron chi connectivity index (χ2n) is 2.44. The number of carboxylic acid groups (broad SMARTS) is 1. The zero-order valence-corrected chi connectivity index (χ0v) is 9.13. The highest BCUT2D eigenvalue weighted by molar-refractivity contribution is 9.11. The van der Waals surface area contributed by atoms with Gasteiger partial charge in [0.05, 0.1) is 14.9 Å². The predicted octanol–water partition coefficient (Wildman–Crippen LogP) is 2.86. The number of oxazole rings is 1. The van der Waals surface area contributed by atoms with E-state index in [2.05, 4.69) is 20.9 Å². The number of hydrogen-bond acceptors (Lipinski definition) is 4. The molecule has 2 rings (SSSR count). The summed E-state index contributed by atoms with van der Waals surface area (Å²) in [7, 11) is 0. The van der Waals surface area contributed by atoms with Crippen LogP contribution < -0.4 is 0 Å². The van der Waals surface area contributed by atoms with Gasteiger partial charge in [0, 0.05) is 0 Å². The van der Waals surface area contributed by atoms with Crippen molar-refractivity contribution in [2.24, 2.45) is 0 Å². The van der Waals surface area contributed by atoms with Crippen LogP contribution in [0.15, 0.2) is 26.5 Å². The first-order chi connectivity index (χ1) is 6.66. The number of aromatic nitrogens is 1. The van der Waals surface area contributed by atoms with Crippen LogP contribution in [0.2, 0.25) is 0 Å². The van der Waals surface area contributed by atoms with Crippen LogP contribution in [-0.2, 0) is 0 Å². The lowest BCUT2D eigenvalue weighted by molar-refractivity contribution is 0.0654. The van der Waals surface area contributed by atoms with Gasteiger partial charge in [-0.25, -0.2) is 9.78 Å². The third-order valence-electron chi connectivity index (χ3n) is 1.50. The van der Waals surface area contributed by atoms with Crippen molar-refractivity contribution in [3.63, 3.8) is 0 Å². The molecule has 14 heavy (non-hydrogen) atoms. The number of hydrogen-bond donors (Lipinski definition) is 1. The maximum Gasteiger partial charge on any atom is 0.392 e. The monoisotopic (exact) mass is 273 g/mol. The average Bonchev–Trinajstić information content (AvgIpc) is 2.70. The number of aromatic carboxylic acids is 1. The SMILES string of the molecule is O=C(O)c1ncc(-c2ccc(Br)s2)o1. The minimum absolute atomic E-state index is 0.287. The van der Waals surface area contributed by atoms with Crippen LogP contribution in [0, 0.1) is 0 Å². The summed E-state index contributed by atoms with van der Waals surface area (Å²) in [5.74, 6) is -0.977. The molecule has 0 amide bonds. The van der Waals surface area contributed by atoms with Crippen molar-refractivity contribution in [2.75, 3.05) is 0 Å². The molecule has 2 aromatic heterocycles. The molecule has 1 N–H and O–H groups in total. The van der Waals surface area contributed by atoms with Crippen molar-refractivity contribution in [1.29, 1.82) is 0 Å². The molecule has 0 unspecified atom stereocenters. The van der Waals surface area contributed by atoms with E-state index in [1.807, 2.05) is 12.1 Å². The van der Waals surface area contributed by atoms with Crippen LogP contribution in [-0.4, -0.2) is 16.1 Å². The number of nitrogens with zero attached hydrogens (tertiary/aromatic N) is 1. The molecule has 0 atom stereocenters. The fraction of sp³-hybridized carbons (Fsp3) is 0. The molecule has 4 nitrogen and oxygen atoms in total. The largest absolute Gasteiger partial charge is 0.474 e. The van der Waals surface area contributed by atoms with E-state index in [0.29, 0.717) is 5.76 Å². The van der Waals surface area contributed by atoms with Gasteiger partial charge in [-0.15, -0.1) is 11.3 Å². The first-order valence-corrected chi connectivity index (χ1v) is 5.22. The summed E-state index contributed by atoms with van der Waals surface area (Å²) in [5, 5.41) is 8.59. The smallest absolute Gasteiger partial charge is 0.392 e. The summed E-state index contributed by atoms with van der Waals surface area (Å²) in [4.78, 5) is 15.0. The van der Waals surface area contributed by atoms with Crippen molar-refractivity contribution in [1.82, 2.24) is 4.98 Å². The minimum atomic E-state index is -1.16. The van der Waals surface area contributed by atoms with Crippen molar-refractivity contribution in [3.05, 3.63) is 28.0 Å². The van der Waals surface area contributed by atoms with Gasteiger partial charge in [-0.3, -0.25) is 0 Å². The standard InChI is InChI=1S/C8H4BrNO3S/c9-6-2-1-5(14-6)4-3-10-7(13-4)8(11)12/h1-3H,(H,11,12). The molecule has 0 fully saturated rings. The van der Waals surface area contributed by atoms with E-state index < -0.39 is 5.97 Å². The summed E-state index contributed by atoms with van der Waals surface area (Å²) in [6.45, 7) is 0. The normalized spacial score (nSPS) is 10.4. The topological polar surface area (TPSA) is 63.3 Å². The molecule has 0 saturated heterocycles. The van der Waals surface area contributed by atoms with E-state index in [0.717, 1.165) is 8.66 Å². The third-order valence-corrected chi connectivity index (χ3v) is 3.14. The number of thiophene rings is 1. The van der Waals surface area contributed by atoms with E-state index in [4.69, 9.17) is 9.52 Å². The van der Waals surface area contributed by atoms with Gasteiger partial charge in [0.15, 0.2) is 5.76 Å². The Labute approximate surface area is 91.3 Å². The molecule has 0 saturated carbocycles. The van der Waals surface area contributed by atoms with Gasteiger partial charge in [0.25, 0.3) is 0 Å². The van der Waals surface area contributed by atoms with Gasteiger partial charge in [0.1, 0.15) is 0 Å². The maximum absolute atomic E-state index is 10.5. The van der Waals surface area contributed by atoms with Crippen molar-refractivity contribution in [3.8, 4) is 10.6 Å². The van der Waals surface area contributed by atoms with Gasteiger partial charge < -0.3 is 9.52 Å². The molecule has 0 spiro atoms. The van der Waals surface area contributed by atoms with Crippen molar-refractivity contribution < 1.29 is 14.3 Å². The molecule has 6 heteroatoms. The Hall–Kier alpha value is -1.14. The first kappa shape index (κ1) is 9.42. The van der Waals surface area contributed by atoms with E-state index in [1.165, 1.54) is 17.5 Å². The minimum Gasteiger partial charge on any atom is -0.474 e. The van der Waals surface area contributed by atoms with Gasteiger partial charge in [-0.2, -0.15) is 0 Å². The first-order valence-electron chi connectivity index (χ1n) is 3.61. The zero-order valence-electron chi connectivity index (χ0n) is 6.73. The molecule has 2 heterocycles. The number of carboxylic acids is 1. The molecule has 2 aromatic rings. The van der Waals surface area contributed by atoms with E-state index in [-0.39, 0.29) is 5.89 Å². The van der Waals surface area contributed by atoms with Crippen LogP contribution in [0.4, 0.5) is 0 Å². The lowest BCUT2D eigenvalue weighted by atomic mass is 10.4. The Bertz CT molecular complexity index is 476. The molecule has 0 aliphatic rings. The fourth-order valence-corrected chi connectivity index (χ4v) is 2.27. The Balaban J connectivity index is 2.38. The highest BCUT2D eigenvalue weighted by atomic mass is 79.9. The quantitative estimate of drug-likeness (QED) is 0.914. The summed E-state index contributed by atoms with van der Waals surface area (Å²) in [5.41, 5.74) is 0. The summed E-state index contributed by atoms with van der Waals surface area (Å²) < 4.78 is 5.98. The molecule has 0 aliphatic heterocycles. The van der Waals surface area contributed by atoms with E-state index >= 15 is 0 Å². The highest BCUT2D eigenvalue weighted by Gasteiger charge is 2.13. The van der Waals surface area contributed by atoms with Gasteiger partial charge in [-0.1, -0.05) is 0 Å². The van der Waals surface area contributed by atoms with Crippen molar-refractivity contribution in [2.45, 2.75) is 0 Å². The van der Waals surface area contributed by atoms with Crippen LogP contribution in [0.5, 0.6) is 0 Å². The Morgan fingerprint density at radius 1 is 1.57 bits per heavy atom. The van der Waals surface area contributed by atoms with Crippen LogP contribution in [0.3, 0.4) is 0 Å². The molecule has 0 aliphatic carbocycles. The fourth-order valence-electron chi connectivity index (χ4n) is 0.934. The molecule has 0 bridgehead atoms. The van der Waals surface area contributed by atoms with E-state index in [9.17, 15) is 4.79 Å². The summed E-state index contributed by atoms with van der Waals surface area (Å²) in [6.07, 6.45) is 1.40. The zero-order chi connectivity index (χ0) is 10.1. The number of rotatable bonds is 2. The lowest BCUT2D eigenvalue weighted by Crippen LogP contribution is -1.94. The second kappa shape index (κ2) is 3.55. The van der Waals surface area contributed by atoms with Crippen LogP contribution in [0.1, 0.15) is 10.7 Å². The van der Waals surface area contributed by atoms with Gasteiger partial charge in [-0.05, 0) is 28.1 Å². The summed E-state index contributed by atoms with van der Waals surface area (Å²) >= 11 is 4.76. The Kier molecular flexibility index (Phi) is 2.39. The highest BCUT2D eigenvalue weighted by Crippen LogP contribution is 2.31. The van der Waals surface area contributed by atoms with Crippen molar-refractivity contribution >= 4 is 33.2 Å². The molecule has 0 radical (unpaired) electrons. The lowest BCUT2D eigenvalue weighted by Gasteiger charge is -1.86. The predicted molar refractivity (Wildman–Crippen MR) is 54.5 cm³/mol. The van der Waals surface area contributed by atoms with Crippen LogP contribution in [0.25, 0.3) is 10.6 Å². The molecular formula is C8H4BrNO3S. The molecule has 72 valence electrons. The third kappa shape index (κ3) is 1.71. The van der Waals surface area contributed by atoms with Gasteiger partial charge in [0.2, 0.25) is 0 Å². The molecular weight excluding hydrogens is 270 g/mol. The van der Waals surface area contributed by atoms with Gasteiger partial charge >= 0.3 is 11.9 Å². The Morgan fingerprint density at radius 2 is 2.36 bits per heavy atom. The summed E-state index contributed by atoms with van der Waals surface area (Å²) in [6, 6.07) is 3.70.